The number of fused-ring (bicyclic) bond motifs is 1. The number of rotatable bonds is 7. The Morgan fingerprint density at radius 1 is 0.971 bits per heavy atom. The van der Waals surface area contributed by atoms with Gasteiger partial charge in [0.05, 0.1) is 4.90 Å². The summed E-state index contributed by atoms with van der Waals surface area (Å²) in [4.78, 5) is 27.3. The van der Waals surface area contributed by atoms with Gasteiger partial charge in [-0.3, -0.25) is 9.59 Å². The number of sulfonamides is 1. The van der Waals surface area contributed by atoms with Crippen LogP contribution in [0.1, 0.15) is 61.0 Å². The Kier molecular flexibility index (Phi) is 7.53. The van der Waals surface area contributed by atoms with Gasteiger partial charge in [0.1, 0.15) is 0 Å². The van der Waals surface area contributed by atoms with Crippen LogP contribution in [0.5, 0.6) is 0 Å². The van der Waals surface area contributed by atoms with E-state index >= 15 is 0 Å². The molecule has 0 radical (unpaired) electrons. The largest absolute Gasteiger partial charge is 0.339 e. The van der Waals surface area contributed by atoms with Crippen molar-refractivity contribution in [2.24, 2.45) is 5.92 Å². The molecule has 1 amide bonds. The molecule has 34 heavy (non-hydrogen) atoms. The average Bonchev–Trinajstić information content (AvgIpc) is 2.86. The van der Waals surface area contributed by atoms with Gasteiger partial charge in [0.25, 0.3) is 0 Å². The minimum absolute atomic E-state index is 0.0960. The molecule has 1 aliphatic heterocycles. The molecule has 1 unspecified atom stereocenters. The summed E-state index contributed by atoms with van der Waals surface area (Å²) < 4.78 is 27.7. The number of hydrogen-bond acceptors (Lipinski definition) is 4. The SMILES string of the molecule is CCCN(C(=O)C1CCN(S(=O)(=O)c2ccc(C(C)=O)cc2)CC1)C1CCc2ccccc2C1. The van der Waals surface area contributed by atoms with Crippen molar-refractivity contribution in [2.75, 3.05) is 19.6 Å². The van der Waals surface area contributed by atoms with Gasteiger partial charge in [-0.05, 0) is 68.7 Å². The van der Waals surface area contributed by atoms with Crippen molar-refractivity contribution in [3.63, 3.8) is 0 Å². The molecule has 2 aromatic carbocycles. The number of piperidine rings is 1. The van der Waals surface area contributed by atoms with Crippen LogP contribution in [0.4, 0.5) is 0 Å². The highest BCUT2D eigenvalue weighted by molar-refractivity contribution is 7.89. The number of carbonyl (C=O) groups is 2. The van der Waals surface area contributed by atoms with Gasteiger partial charge in [-0.1, -0.05) is 43.3 Å². The van der Waals surface area contributed by atoms with Crippen LogP contribution >= 0.6 is 0 Å². The molecule has 2 aliphatic rings. The van der Waals surface area contributed by atoms with E-state index in [1.165, 1.54) is 34.5 Å². The van der Waals surface area contributed by atoms with E-state index in [1.54, 1.807) is 12.1 Å². The minimum atomic E-state index is -3.64. The molecule has 0 bridgehead atoms. The fourth-order valence-electron chi connectivity index (χ4n) is 5.25. The first kappa shape index (κ1) is 24.6. The number of aryl methyl sites for hydroxylation is 1. The Bertz CT molecular complexity index is 1140. The van der Waals surface area contributed by atoms with Gasteiger partial charge < -0.3 is 4.90 Å². The molecule has 1 fully saturated rings. The van der Waals surface area contributed by atoms with Gasteiger partial charge in [0.15, 0.2) is 5.78 Å². The van der Waals surface area contributed by atoms with Gasteiger partial charge in [-0.2, -0.15) is 4.31 Å². The summed E-state index contributed by atoms with van der Waals surface area (Å²) in [6.07, 6.45) is 4.85. The molecule has 1 heterocycles. The Balaban J connectivity index is 1.41. The molecule has 0 aromatic heterocycles. The van der Waals surface area contributed by atoms with E-state index in [0.717, 1.165) is 32.2 Å². The molecular weight excluding hydrogens is 448 g/mol. The zero-order chi connectivity index (χ0) is 24.3. The number of nitrogens with zero attached hydrogens (tertiary/aromatic N) is 2. The third-order valence-corrected chi connectivity index (χ3v) is 9.12. The lowest BCUT2D eigenvalue weighted by Crippen LogP contribution is -2.49. The van der Waals surface area contributed by atoms with Crippen LogP contribution < -0.4 is 0 Å². The summed E-state index contributed by atoms with van der Waals surface area (Å²) in [7, 11) is -3.64. The standard InChI is InChI=1S/C27H34N2O4S/c1-3-16-29(25-11-8-22-6-4-5-7-24(22)19-25)27(31)23-14-17-28(18-15-23)34(32,33)26-12-9-21(10-13-26)20(2)30/h4-7,9-10,12-13,23,25H,3,8,11,14-19H2,1-2H3. The van der Waals surface area contributed by atoms with Crippen LogP contribution in [0.15, 0.2) is 53.4 Å². The third-order valence-electron chi connectivity index (χ3n) is 7.21. The summed E-state index contributed by atoms with van der Waals surface area (Å²) in [6.45, 7) is 4.97. The van der Waals surface area contributed by atoms with Gasteiger partial charge in [-0.25, -0.2) is 8.42 Å². The summed E-state index contributed by atoms with van der Waals surface area (Å²) in [6, 6.07) is 14.8. The monoisotopic (exact) mass is 482 g/mol. The van der Waals surface area contributed by atoms with Crippen LogP contribution in [0.25, 0.3) is 0 Å². The Morgan fingerprint density at radius 3 is 2.24 bits per heavy atom. The zero-order valence-corrected chi connectivity index (χ0v) is 20.9. The fraction of sp³-hybridized carbons (Fsp3) is 0.481. The Labute approximate surface area is 203 Å². The van der Waals surface area contributed by atoms with Crippen molar-refractivity contribution in [3.05, 3.63) is 65.2 Å². The maximum Gasteiger partial charge on any atom is 0.243 e. The highest BCUT2D eigenvalue weighted by Crippen LogP contribution is 2.29. The van der Waals surface area contributed by atoms with E-state index in [2.05, 4.69) is 36.1 Å². The lowest BCUT2D eigenvalue weighted by Gasteiger charge is -2.39. The Hall–Kier alpha value is -2.51. The van der Waals surface area contributed by atoms with Crippen molar-refractivity contribution in [1.82, 2.24) is 9.21 Å². The average molecular weight is 483 g/mol. The summed E-state index contributed by atoms with van der Waals surface area (Å²) in [5.74, 6) is -0.0642. The number of carbonyl (C=O) groups excluding carboxylic acids is 2. The summed E-state index contributed by atoms with van der Waals surface area (Å²) in [5.41, 5.74) is 3.21. The molecule has 4 rings (SSSR count). The third kappa shape index (κ3) is 5.10. The van der Waals surface area contributed by atoms with Crippen molar-refractivity contribution in [2.45, 2.75) is 63.3 Å². The molecular formula is C27H34N2O4S. The molecule has 1 aliphatic carbocycles. The maximum absolute atomic E-state index is 13.6. The van der Waals surface area contributed by atoms with Crippen molar-refractivity contribution in [1.29, 1.82) is 0 Å². The minimum Gasteiger partial charge on any atom is -0.339 e. The van der Waals surface area contributed by atoms with Crippen LogP contribution in [0.3, 0.4) is 0 Å². The van der Waals surface area contributed by atoms with Gasteiger partial charge in [0, 0.05) is 37.2 Å². The predicted molar refractivity (Wildman–Crippen MR) is 132 cm³/mol. The smallest absolute Gasteiger partial charge is 0.243 e. The molecule has 1 saturated heterocycles. The first-order valence-electron chi connectivity index (χ1n) is 12.3. The first-order valence-corrected chi connectivity index (χ1v) is 13.7. The number of benzene rings is 2. The predicted octanol–water partition coefficient (Wildman–Crippen LogP) is 4.09. The Morgan fingerprint density at radius 2 is 1.62 bits per heavy atom. The van der Waals surface area contributed by atoms with Crippen molar-refractivity contribution < 1.29 is 18.0 Å². The number of amides is 1. The van der Waals surface area contributed by atoms with E-state index in [9.17, 15) is 18.0 Å². The highest BCUT2D eigenvalue weighted by Gasteiger charge is 2.36. The molecule has 2 aromatic rings. The van der Waals surface area contributed by atoms with Gasteiger partial charge in [-0.15, -0.1) is 0 Å². The number of Topliss-reactive ketones (excluding diaryl/α,β-unsaturated/α-hetero) is 1. The molecule has 0 N–H and O–H groups in total. The molecule has 0 saturated carbocycles. The van der Waals surface area contributed by atoms with E-state index in [1.807, 2.05) is 0 Å². The van der Waals surface area contributed by atoms with Crippen molar-refractivity contribution in [3.8, 4) is 0 Å². The second kappa shape index (κ2) is 10.4. The molecule has 1 atom stereocenters. The zero-order valence-electron chi connectivity index (χ0n) is 20.1. The lowest BCUT2D eigenvalue weighted by atomic mass is 9.86. The first-order chi connectivity index (χ1) is 16.3. The molecule has 6 nitrogen and oxygen atoms in total. The van der Waals surface area contributed by atoms with E-state index in [0.29, 0.717) is 31.5 Å². The summed E-state index contributed by atoms with van der Waals surface area (Å²) in [5, 5.41) is 0. The lowest BCUT2D eigenvalue weighted by molar-refractivity contribution is -0.139. The van der Waals surface area contributed by atoms with Gasteiger partial charge >= 0.3 is 0 Å². The number of ketones is 1. The molecule has 0 spiro atoms. The van der Waals surface area contributed by atoms with E-state index in [4.69, 9.17) is 0 Å². The van der Waals surface area contributed by atoms with E-state index in [-0.39, 0.29) is 28.5 Å². The molecule has 7 heteroatoms. The van der Waals surface area contributed by atoms with Crippen LogP contribution in [-0.4, -0.2) is 55.0 Å². The number of hydrogen-bond donors (Lipinski definition) is 0. The topological polar surface area (TPSA) is 74.8 Å². The van der Waals surface area contributed by atoms with Gasteiger partial charge in [0.2, 0.25) is 15.9 Å². The quantitative estimate of drug-likeness (QED) is 0.557. The van der Waals surface area contributed by atoms with Crippen LogP contribution in [0.2, 0.25) is 0 Å². The van der Waals surface area contributed by atoms with E-state index < -0.39 is 10.0 Å². The normalized spacial score (nSPS) is 19.4. The maximum atomic E-state index is 13.6. The van der Waals surface area contributed by atoms with Crippen LogP contribution in [0, 0.1) is 5.92 Å². The fourth-order valence-corrected chi connectivity index (χ4v) is 6.72. The van der Waals surface area contributed by atoms with Crippen molar-refractivity contribution >= 4 is 21.7 Å². The second-order valence-corrected chi connectivity index (χ2v) is 11.4. The second-order valence-electron chi connectivity index (χ2n) is 9.46. The highest BCUT2D eigenvalue weighted by atomic mass is 32.2. The van der Waals surface area contributed by atoms with Crippen LogP contribution in [-0.2, 0) is 27.7 Å². The molecule has 182 valence electrons. The summed E-state index contributed by atoms with van der Waals surface area (Å²) >= 11 is 0.